The molecule has 0 aliphatic rings. The molecular formula is C13H15NO6. The van der Waals surface area contributed by atoms with Crippen molar-refractivity contribution in [2.75, 3.05) is 13.7 Å². The number of ether oxygens (including phenoxy) is 2. The van der Waals surface area contributed by atoms with Crippen molar-refractivity contribution in [1.82, 2.24) is 0 Å². The van der Waals surface area contributed by atoms with Crippen molar-refractivity contribution >= 4 is 17.6 Å². The molecule has 0 aromatic heterocycles. The summed E-state index contributed by atoms with van der Waals surface area (Å²) in [5.41, 5.74) is 0.131. The summed E-state index contributed by atoms with van der Waals surface area (Å²) in [6, 6.07) is 5.92. The fourth-order valence-corrected chi connectivity index (χ4v) is 1.73. The van der Waals surface area contributed by atoms with E-state index in [1.165, 1.54) is 18.2 Å². The molecule has 0 spiro atoms. The molecule has 0 fully saturated rings. The van der Waals surface area contributed by atoms with Gasteiger partial charge >= 0.3 is 11.9 Å². The number of carbonyl (C=O) groups excluding carboxylic acids is 2. The van der Waals surface area contributed by atoms with Crippen molar-refractivity contribution in [1.29, 1.82) is 0 Å². The highest BCUT2D eigenvalue weighted by molar-refractivity contribution is 5.95. The Morgan fingerprint density at radius 3 is 2.50 bits per heavy atom. The van der Waals surface area contributed by atoms with Gasteiger partial charge in [-0.15, -0.1) is 0 Å². The predicted octanol–water partition coefficient (Wildman–Crippen LogP) is 1.49. The Morgan fingerprint density at radius 2 is 1.95 bits per heavy atom. The van der Waals surface area contributed by atoms with Crippen LogP contribution in [0.15, 0.2) is 24.3 Å². The summed E-state index contributed by atoms with van der Waals surface area (Å²) in [6.07, 6.45) is -0.136. The summed E-state index contributed by atoms with van der Waals surface area (Å²) >= 11 is 0. The number of nitrogens with zero attached hydrogens (tertiary/aromatic N) is 1. The van der Waals surface area contributed by atoms with Gasteiger partial charge in [-0.1, -0.05) is 18.2 Å². The van der Waals surface area contributed by atoms with Gasteiger partial charge in [-0.25, -0.2) is 0 Å². The van der Waals surface area contributed by atoms with Crippen LogP contribution in [0.5, 0.6) is 0 Å². The van der Waals surface area contributed by atoms with Crippen LogP contribution in [0.3, 0.4) is 0 Å². The molecule has 0 saturated carbocycles. The van der Waals surface area contributed by atoms with Crippen LogP contribution in [0.25, 0.3) is 0 Å². The van der Waals surface area contributed by atoms with Crippen molar-refractivity contribution in [3.8, 4) is 0 Å². The molecule has 0 saturated heterocycles. The van der Waals surface area contributed by atoms with Crippen LogP contribution in [-0.4, -0.2) is 30.6 Å². The number of carbonyl (C=O) groups is 2. The van der Waals surface area contributed by atoms with Gasteiger partial charge in [0.2, 0.25) is 0 Å². The molecule has 7 heteroatoms. The smallest absolute Gasteiger partial charge is 0.320 e. The second-order valence-electron chi connectivity index (χ2n) is 3.92. The Morgan fingerprint density at radius 1 is 1.30 bits per heavy atom. The molecule has 0 radical (unpaired) electrons. The number of hydrogen-bond donors (Lipinski definition) is 0. The van der Waals surface area contributed by atoms with Crippen LogP contribution >= 0.6 is 0 Å². The van der Waals surface area contributed by atoms with E-state index in [0.29, 0.717) is 0 Å². The maximum absolute atomic E-state index is 11.7. The van der Waals surface area contributed by atoms with E-state index in [2.05, 4.69) is 4.74 Å². The zero-order valence-corrected chi connectivity index (χ0v) is 11.2. The Hall–Kier alpha value is -2.44. The van der Waals surface area contributed by atoms with Gasteiger partial charge in [-0.05, 0) is 6.92 Å². The highest BCUT2D eigenvalue weighted by atomic mass is 16.6. The first-order chi connectivity index (χ1) is 9.51. The molecule has 1 unspecified atom stereocenters. The lowest BCUT2D eigenvalue weighted by molar-refractivity contribution is -0.385. The molecule has 0 amide bonds. The van der Waals surface area contributed by atoms with Gasteiger partial charge < -0.3 is 9.47 Å². The summed E-state index contributed by atoms with van der Waals surface area (Å²) in [6.45, 7) is 1.72. The normalized spacial score (nSPS) is 11.5. The molecule has 0 heterocycles. The summed E-state index contributed by atoms with van der Waals surface area (Å²) in [7, 11) is 1.15. The topological polar surface area (TPSA) is 95.7 Å². The second kappa shape index (κ2) is 7.22. The van der Waals surface area contributed by atoms with Crippen molar-refractivity contribution in [2.24, 2.45) is 5.92 Å². The van der Waals surface area contributed by atoms with Gasteiger partial charge in [-0.3, -0.25) is 19.7 Å². The molecule has 0 bridgehead atoms. The molecule has 20 heavy (non-hydrogen) atoms. The van der Waals surface area contributed by atoms with Crippen LogP contribution < -0.4 is 0 Å². The zero-order valence-electron chi connectivity index (χ0n) is 11.2. The van der Waals surface area contributed by atoms with Gasteiger partial charge in [0.1, 0.15) is 0 Å². The highest BCUT2D eigenvalue weighted by Gasteiger charge is 2.31. The number of rotatable bonds is 6. The Kier molecular flexibility index (Phi) is 5.64. The number of benzene rings is 1. The molecule has 0 aliphatic heterocycles. The largest absolute Gasteiger partial charge is 0.468 e. The molecule has 0 N–H and O–H groups in total. The second-order valence-corrected chi connectivity index (χ2v) is 3.92. The quantitative estimate of drug-likeness (QED) is 0.339. The average molecular weight is 281 g/mol. The number of nitro benzene ring substituents is 1. The van der Waals surface area contributed by atoms with E-state index >= 15 is 0 Å². The Bertz CT molecular complexity index is 513. The van der Waals surface area contributed by atoms with Gasteiger partial charge in [0.05, 0.1) is 18.6 Å². The number of methoxy groups -OCH3 is 1. The zero-order chi connectivity index (χ0) is 15.1. The first kappa shape index (κ1) is 15.6. The van der Waals surface area contributed by atoms with E-state index in [0.717, 1.165) is 7.11 Å². The first-order valence-electron chi connectivity index (χ1n) is 5.98. The number of hydrogen-bond acceptors (Lipinski definition) is 6. The molecule has 0 aliphatic carbocycles. The fourth-order valence-electron chi connectivity index (χ4n) is 1.73. The van der Waals surface area contributed by atoms with Crippen LogP contribution in [0.2, 0.25) is 0 Å². The first-order valence-corrected chi connectivity index (χ1v) is 5.98. The van der Waals surface area contributed by atoms with E-state index in [9.17, 15) is 19.7 Å². The van der Waals surface area contributed by atoms with Crippen LogP contribution in [0.4, 0.5) is 5.69 Å². The molecule has 1 aromatic rings. The summed E-state index contributed by atoms with van der Waals surface area (Å²) in [5, 5.41) is 10.9. The third-order valence-corrected chi connectivity index (χ3v) is 2.67. The molecule has 1 rings (SSSR count). The van der Waals surface area contributed by atoms with E-state index < -0.39 is 22.8 Å². The maximum atomic E-state index is 11.7. The third kappa shape index (κ3) is 3.78. The monoisotopic (exact) mass is 281 g/mol. The van der Waals surface area contributed by atoms with Crippen LogP contribution in [0.1, 0.15) is 12.5 Å². The molecule has 1 aromatic carbocycles. The SMILES string of the molecule is CCOC(=O)C(Cc1ccccc1[N+](=O)[O-])C(=O)OC. The van der Waals surface area contributed by atoms with E-state index in [1.807, 2.05) is 0 Å². The minimum absolute atomic E-state index is 0.114. The van der Waals surface area contributed by atoms with E-state index in [4.69, 9.17) is 4.74 Å². The number of para-hydroxylation sites is 1. The Balaban J connectivity index is 3.04. The standard InChI is InChI=1S/C13H15NO6/c1-3-20-13(16)10(12(15)19-2)8-9-6-4-5-7-11(9)14(17)18/h4-7,10H,3,8H2,1-2H3. The lowest BCUT2D eigenvalue weighted by Crippen LogP contribution is -2.29. The van der Waals surface area contributed by atoms with Gasteiger partial charge in [-0.2, -0.15) is 0 Å². The lowest BCUT2D eigenvalue weighted by atomic mass is 9.98. The van der Waals surface area contributed by atoms with Gasteiger partial charge in [0.15, 0.2) is 5.92 Å². The summed E-state index contributed by atoms with van der Waals surface area (Å²) < 4.78 is 9.33. The van der Waals surface area contributed by atoms with Crippen molar-refractivity contribution in [3.05, 3.63) is 39.9 Å². The summed E-state index contributed by atoms with van der Waals surface area (Å²) in [4.78, 5) is 33.7. The van der Waals surface area contributed by atoms with Crippen molar-refractivity contribution < 1.29 is 24.0 Å². The van der Waals surface area contributed by atoms with Crippen molar-refractivity contribution in [2.45, 2.75) is 13.3 Å². The van der Waals surface area contributed by atoms with E-state index in [1.54, 1.807) is 13.0 Å². The van der Waals surface area contributed by atoms with Gasteiger partial charge in [0, 0.05) is 18.1 Å². The Labute approximate surface area is 115 Å². The third-order valence-electron chi connectivity index (χ3n) is 2.67. The lowest BCUT2D eigenvalue weighted by Gasteiger charge is -2.13. The molecule has 1 atom stereocenters. The highest BCUT2D eigenvalue weighted by Crippen LogP contribution is 2.22. The minimum Gasteiger partial charge on any atom is -0.468 e. The predicted molar refractivity (Wildman–Crippen MR) is 68.9 cm³/mol. The van der Waals surface area contributed by atoms with Gasteiger partial charge in [0.25, 0.3) is 5.69 Å². The molecule has 108 valence electrons. The average Bonchev–Trinajstić information content (AvgIpc) is 2.44. The number of nitro groups is 1. The minimum atomic E-state index is -1.21. The maximum Gasteiger partial charge on any atom is 0.320 e. The fraction of sp³-hybridized carbons (Fsp3) is 0.385. The van der Waals surface area contributed by atoms with Crippen LogP contribution in [-0.2, 0) is 25.5 Å². The summed E-state index contributed by atoms with van der Waals surface area (Å²) in [5.74, 6) is -2.74. The van der Waals surface area contributed by atoms with Crippen LogP contribution in [0, 0.1) is 16.0 Å². The van der Waals surface area contributed by atoms with E-state index in [-0.39, 0.29) is 24.3 Å². The van der Waals surface area contributed by atoms with Crippen molar-refractivity contribution in [3.63, 3.8) is 0 Å². The molecule has 7 nitrogen and oxygen atoms in total. The molecular weight excluding hydrogens is 266 g/mol. The number of esters is 2.